The lowest BCUT2D eigenvalue weighted by Gasteiger charge is -2.46. The van der Waals surface area contributed by atoms with E-state index in [1.807, 2.05) is 6.07 Å². The molecule has 1 unspecified atom stereocenters. The maximum atomic E-state index is 15.9. The number of benzene rings is 3. The summed E-state index contributed by atoms with van der Waals surface area (Å²) in [6, 6.07) is 23.5. The Morgan fingerprint density at radius 3 is 2.31 bits per heavy atom. The van der Waals surface area contributed by atoms with E-state index in [0.29, 0.717) is 0 Å². The first kappa shape index (κ1) is 26.8. The van der Waals surface area contributed by atoms with Gasteiger partial charge in [-0.2, -0.15) is 9.13 Å². The maximum Gasteiger partial charge on any atom is 0.222 e. The van der Waals surface area contributed by atoms with Crippen LogP contribution in [0.25, 0.3) is 39.5 Å². The van der Waals surface area contributed by atoms with Gasteiger partial charge in [-0.1, -0.05) is 55.8 Å². The van der Waals surface area contributed by atoms with Gasteiger partial charge in [0, 0.05) is 41.7 Å². The van der Waals surface area contributed by atoms with Gasteiger partial charge >= 0.3 is 0 Å². The lowest BCUT2D eigenvalue weighted by Crippen LogP contribution is -2.66. The van der Waals surface area contributed by atoms with E-state index in [4.69, 9.17) is 0 Å². The average molecular weight is 555 g/mol. The van der Waals surface area contributed by atoms with Crippen LogP contribution in [0.5, 0.6) is 0 Å². The fraction of sp³-hybridized carbons (Fsp3) is 0.282. The molecule has 2 nitrogen and oxygen atoms in total. The third-order valence-corrected chi connectivity index (χ3v) is 10.5. The zero-order valence-corrected chi connectivity index (χ0v) is 25.9. The smallest absolute Gasteiger partial charge is 0.207 e. The Hall–Kier alpha value is -4.11. The highest BCUT2D eigenvalue weighted by molar-refractivity contribution is 6.01. The maximum absolute atomic E-state index is 15.9. The van der Waals surface area contributed by atoms with Gasteiger partial charge in [-0.3, -0.25) is 0 Å². The molecular formula is C39H39FN2+2. The molecule has 0 saturated carbocycles. The lowest BCUT2D eigenvalue weighted by atomic mass is 9.59. The molecule has 3 aromatic carbocycles. The second-order valence-electron chi connectivity index (χ2n) is 13.7. The van der Waals surface area contributed by atoms with Crippen LogP contribution in [0.4, 0.5) is 4.39 Å². The zero-order chi connectivity index (χ0) is 29.8. The summed E-state index contributed by atoms with van der Waals surface area (Å²) in [6.07, 6.45) is 8.97. The molecule has 1 atom stereocenters. The topological polar surface area (TPSA) is 7.76 Å². The van der Waals surface area contributed by atoms with E-state index < -0.39 is 11.0 Å². The van der Waals surface area contributed by atoms with E-state index >= 15 is 4.39 Å². The molecule has 0 fully saturated rings. The van der Waals surface area contributed by atoms with Crippen LogP contribution in [0.3, 0.4) is 0 Å². The van der Waals surface area contributed by atoms with Gasteiger partial charge in [0.15, 0.2) is 24.1 Å². The minimum Gasteiger partial charge on any atom is -0.207 e. The van der Waals surface area contributed by atoms with Crippen molar-refractivity contribution in [2.45, 2.75) is 71.8 Å². The van der Waals surface area contributed by atoms with E-state index in [9.17, 15) is 0 Å². The van der Waals surface area contributed by atoms with Crippen molar-refractivity contribution in [1.82, 2.24) is 0 Å². The molecule has 0 N–H and O–H groups in total. The summed E-state index contributed by atoms with van der Waals surface area (Å²) >= 11 is 0. The molecule has 0 radical (unpaired) electrons. The number of allylic oxidation sites excluding steroid dienone is 1. The third-order valence-electron chi connectivity index (χ3n) is 10.5. The Kier molecular flexibility index (Phi) is 5.55. The highest BCUT2D eigenvalue weighted by Crippen LogP contribution is 2.56. The zero-order valence-electron chi connectivity index (χ0n) is 25.9. The summed E-state index contributed by atoms with van der Waals surface area (Å²) in [5.74, 6) is -0.125. The van der Waals surface area contributed by atoms with Crippen molar-refractivity contribution < 1.29 is 13.5 Å². The van der Waals surface area contributed by atoms with E-state index in [1.54, 1.807) is 6.07 Å². The number of pyridine rings is 2. The number of hydrogen-bond donors (Lipinski definition) is 0. The van der Waals surface area contributed by atoms with Gasteiger partial charge in [0.05, 0.1) is 22.4 Å². The molecule has 1 aliphatic heterocycles. The molecule has 7 rings (SSSR count). The van der Waals surface area contributed by atoms with Gasteiger partial charge < -0.3 is 0 Å². The van der Waals surface area contributed by atoms with Crippen LogP contribution in [0.15, 0.2) is 85.2 Å². The van der Waals surface area contributed by atoms with Crippen molar-refractivity contribution in [3.8, 4) is 22.5 Å². The van der Waals surface area contributed by atoms with Crippen LogP contribution in [-0.2, 0) is 16.4 Å². The van der Waals surface area contributed by atoms with Crippen LogP contribution in [0, 0.1) is 26.6 Å². The average Bonchev–Trinajstić information content (AvgIpc) is 2.95. The number of nitrogens with zero attached hydrogens (tertiary/aromatic N) is 2. The van der Waals surface area contributed by atoms with Crippen molar-refractivity contribution in [2.24, 2.45) is 0 Å². The number of halogens is 1. The third kappa shape index (κ3) is 3.43. The summed E-state index contributed by atoms with van der Waals surface area (Å²) in [5, 5.41) is 2.43. The Balaban J connectivity index is 1.52. The number of rotatable bonds is 3. The predicted octanol–water partition coefficient (Wildman–Crippen LogP) is 8.63. The molecule has 2 aliphatic rings. The fourth-order valence-electron chi connectivity index (χ4n) is 7.63. The SMILES string of the molecule is Cc1ccc(C)c(-c2cc(C)cc[n+]2/C=C/C2(C)[n+]3ccc4cccc5c4c3-c3c(ccc(F)c3C5(C)C)C2(C)C)c1. The lowest BCUT2D eigenvalue weighted by molar-refractivity contribution is -0.750. The molecule has 3 heterocycles. The van der Waals surface area contributed by atoms with Crippen molar-refractivity contribution in [1.29, 1.82) is 0 Å². The Morgan fingerprint density at radius 1 is 0.762 bits per heavy atom. The quantitative estimate of drug-likeness (QED) is 0.197. The first-order chi connectivity index (χ1) is 19.9. The first-order valence-corrected chi connectivity index (χ1v) is 15.0. The molecule has 210 valence electrons. The van der Waals surface area contributed by atoms with Crippen LogP contribution in [-0.4, -0.2) is 0 Å². The largest absolute Gasteiger partial charge is 0.222 e. The molecule has 3 heteroatoms. The molecule has 42 heavy (non-hydrogen) atoms. The molecule has 1 aliphatic carbocycles. The highest BCUT2D eigenvalue weighted by Gasteiger charge is 2.58. The Morgan fingerprint density at radius 2 is 1.52 bits per heavy atom. The molecule has 0 amide bonds. The number of aromatic nitrogens is 2. The summed E-state index contributed by atoms with van der Waals surface area (Å²) < 4.78 is 20.5. The molecule has 0 spiro atoms. The fourth-order valence-corrected chi connectivity index (χ4v) is 7.63. The van der Waals surface area contributed by atoms with Gasteiger partial charge in [-0.25, -0.2) is 4.39 Å². The van der Waals surface area contributed by atoms with E-state index in [1.165, 1.54) is 49.8 Å². The highest BCUT2D eigenvalue weighted by atomic mass is 19.1. The van der Waals surface area contributed by atoms with Gasteiger partial charge in [0.1, 0.15) is 5.82 Å². The minimum absolute atomic E-state index is 0.125. The summed E-state index contributed by atoms with van der Waals surface area (Å²) in [7, 11) is 0. The van der Waals surface area contributed by atoms with Crippen molar-refractivity contribution >= 4 is 17.0 Å². The van der Waals surface area contributed by atoms with E-state index in [2.05, 4.69) is 144 Å². The molecule has 5 aromatic rings. The first-order valence-electron chi connectivity index (χ1n) is 15.0. The van der Waals surface area contributed by atoms with Crippen molar-refractivity contribution in [3.05, 3.63) is 124 Å². The van der Waals surface area contributed by atoms with Crippen LogP contribution < -0.4 is 9.13 Å². The minimum atomic E-state index is -0.445. The number of hydrogen-bond acceptors (Lipinski definition) is 0. The van der Waals surface area contributed by atoms with Crippen molar-refractivity contribution in [2.75, 3.05) is 0 Å². The number of aryl methyl sites for hydroxylation is 3. The van der Waals surface area contributed by atoms with Crippen LogP contribution in [0.1, 0.15) is 68.0 Å². The summed E-state index contributed by atoms with van der Waals surface area (Å²) in [6.45, 7) is 17.8. The molecule has 0 saturated heterocycles. The van der Waals surface area contributed by atoms with Gasteiger partial charge in [-0.15, -0.1) is 0 Å². The van der Waals surface area contributed by atoms with Crippen molar-refractivity contribution in [3.63, 3.8) is 0 Å². The molecule has 0 bridgehead atoms. The monoisotopic (exact) mass is 554 g/mol. The Labute approximate surface area is 248 Å². The molecule has 2 aromatic heterocycles. The van der Waals surface area contributed by atoms with Crippen LogP contribution >= 0.6 is 0 Å². The summed E-state index contributed by atoms with van der Waals surface area (Å²) in [4.78, 5) is 0. The van der Waals surface area contributed by atoms with Crippen LogP contribution in [0.2, 0.25) is 0 Å². The van der Waals surface area contributed by atoms with E-state index in [-0.39, 0.29) is 11.2 Å². The van der Waals surface area contributed by atoms with E-state index in [0.717, 1.165) is 16.8 Å². The standard InChI is InChI=1S/C39H39FN2/c1-24-12-13-26(3)28(22-24)32-23-25(2)16-19-41(32)21-18-39(8)38(6,7)30-14-15-31(40)35-34(30)36-33-27(17-20-42(36)39)10-9-11-29(33)37(35,4)5/h9-23H,1-8H3/q+2/b21-18+. The predicted molar refractivity (Wildman–Crippen MR) is 170 cm³/mol. The summed E-state index contributed by atoms with van der Waals surface area (Å²) in [5.41, 5.74) is 10.3. The molecular weight excluding hydrogens is 515 g/mol. The second-order valence-corrected chi connectivity index (χ2v) is 13.7. The normalized spacial score (nSPS) is 19.5. The van der Waals surface area contributed by atoms with Gasteiger partial charge in [0.2, 0.25) is 11.4 Å². The van der Waals surface area contributed by atoms with Gasteiger partial charge in [0.25, 0.3) is 0 Å². The van der Waals surface area contributed by atoms with Gasteiger partial charge in [-0.05, 0) is 74.4 Å². The second kappa shape index (κ2) is 8.70. The Bertz CT molecular complexity index is 1990.